The number of likely N-dealkylation sites (tertiary alicyclic amines) is 1. The van der Waals surface area contributed by atoms with E-state index in [9.17, 15) is 4.79 Å². The van der Waals surface area contributed by atoms with E-state index < -0.39 is 0 Å². The second kappa shape index (κ2) is 8.33. The highest BCUT2D eigenvalue weighted by Gasteiger charge is 2.30. The molecule has 1 aliphatic rings. The van der Waals surface area contributed by atoms with Gasteiger partial charge in [0.2, 0.25) is 5.91 Å². The van der Waals surface area contributed by atoms with E-state index in [1.54, 1.807) is 0 Å². The molecule has 3 aromatic rings. The van der Waals surface area contributed by atoms with E-state index in [1.165, 1.54) is 5.56 Å². The molecule has 28 heavy (non-hydrogen) atoms. The Kier molecular flexibility index (Phi) is 5.45. The zero-order valence-corrected chi connectivity index (χ0v) is 15.6. The molecule has 7 heteroatoms. The van der Waals surface area contributed by atoms with Gasteiger partial charge in [-0.05, 0) is 49.2 Å². The molecule has 0 spiro atoms. The van der Waals surface area contributed by atoms with Gasteiger partial charge in [0.25, 0.3) is 0 Å². The number of nitrogens with one attached hydrogen (secondary N) is 2. The lowest BCUT2D eigenvalue weighted by Crippen LogP contribution is -2.39. The molecule has 1 amide bonds. The SMILES string of the molecule is NCc1nc(-c2ccc(NC(=O)C3CCCN3Cc3ccccc3)cc2)n[nH]1. The molecule has 1 atom stereocenters. The van der Waals surface area contributed by atoms with Crippen LogP contribution in [0.1, 0.15) is 24.2 Å². The molecule has 4 rings (SSSR count). The van der Waals surface area contributed by atoms with Gasteiger partial charge in [-0.2, -0.15) is 5.10 Å². The number of rotatable bonds is 6. The summed E-state index contributed by atoms with van der Waals surface area (Å²) in [6, 6.07) is 17.7. The second-order valence-corrected chi connectivity index (χ2v) is 6.99. The van der Waals surface area contributed by atoms with Crippen LogP contribution in [-0.2, 0) is 17.9 Å². The quantitative estimate of drug-likeness (QED) is 0.614. The van der Waals surface area contributed by atoms with E-state index >= 15 is 0 Å². The van der Waals surface area contributed by atoms with Gasteiger partial charge in [-0.3, -0.25) is 14.8 Å². The first-order valence-electron chi connectivity index (χ1n) is 9.53. The molecule has 1 aliphatic heterocycles. The van der Waals surface area contributed by atoms with Crippen molar-refractivity contribution < 1.29 is 4.79 Å². The van der Waals surface area contributed by atoms with Crippen LogP contribution in [0.5, 0.6) is 0 Å². The first kappa shape index (κ1) is 18.3. The standard InChI is InChI=1S/C21H24N6O/c22-13-19-24-20(26-25-19)16-8-10-17(11-9-16)23-21(28)18-7-4-12-27(18)14-15-5-2-1-3-6-15/h1-3,5-6,8-11,18H,4,7,12-14,22H2,(H,23,28)(H,24,25,26). The maximum Gasteiger partial charge on any atom is 0.241 e. The summed E-state index contributed by atoms with van der Waals surface area (Å²) in [5.41, 5.74) is 8.43. The van der Waals surface area contributed by atoms with E-state index in [4.69, 9.17) is 5.73 Å². The molecule has 0 saturated carbocycles. The first-order chi connectivity index (χ1) is 13.7. The Balaban J connectivity index is 1.40. The fourth-order valence-electron chi connectivity index (χ4n) is 3.57. The molecule has 0 aliphatic carbocycles. The van der Waals surface area contributed by atoms with Gasteiger partial charge < -0.3 is 11.1 Å². The third kappa shape index (κ3) is 4.11. The van der Waals surface area contributed by atoms with Crippen molar-refractivity contribution in [2.75, 3.05) is 11.9 Å². The van der Waals surface area contributed by atoms with Gasteiger partial charge in [0.05, 0.1) is 12.6 Å². The summed E-state index contributed by atoms with van der Waals surface area (Å²) in [6.45, 7) is 2.06. The monoisotopic (exact) mass is 376 g/mol. The van der Waals surface area contributed by atoms with Crippen LogP contribution >= 0.6 is 0 Å². The number of hydrogen-bond acceptors (Lipinski definition) is 5. The van der Waals surface area contributed by atoms with Crippen molar-refractivity contribution in [2.24, 2.45) is 5.73 Å². The summed E-state index contributed by atoms with van der Waals surface area (Å²) in [5.74, 6) is 1.29. The molecular formula is C21H24N6O. The normalized spacial score (nSPS) is 17.0. The average Bonchev–Trinajstić information content (AvgIpc) is 3.39. The molecule has 144 valence electrons. The summed E-state index contributed by atoms with van der Waals surface area (Å²) >= 11 is 0. The van der Waals surface area contributed by atoms with Gasteiger partial charge in [-0.15, -0.1) is 0 Å². The number of carbonyl (C=O) groups is 1. The fourth-order valence-corrected chi connectivity index (χ4v) is 3.57. The van der Waals surface area contributed by atoms with Gasteiger partial charge in [0, 0.05) is 17.8 Å². The summed E-state index contributed by atoms with van der Waals surface area (Å²) in [6.07, 6.45) is 1.92. The van der Waals surface area contributed by atoms with Crippen molar-refractivity contribution >= 4 is 11.6 Å². The number of aromatic amines is 1. The van der Waals surface area contributed by atoms with Crippen molar-refractivity contribution in [1.29, 1.82) is 0 Å². The number of carbonyl (C=O) groups excluding carboxylic acids is 1. The molecule has 1 unspecified atom stereocenters. The van der Waals surface area contributed by atoms with Crippen LogP contribution in [0.25, 0.3) is 11.4 Å². The van der Waals surface area contributed by atoms with E-state index in [0.29, 0.717) is 18.2 Å². The number of amides is 1. The summed E-state index contributed by atoms with van der Waals surface area (Å²) < 4.78 is 0. The number of benzene rings is 2. The lowest BCUT2D eigenvalue weighted by molar-refractivity contribution is -0.120. The largest absolute Gasteiger partial charge is 0.325 e. The van der Waals surface area contributed by atoms with Gasteiger partial charge in [-0.1, -0.05) is 30.3 Å². The minimum Gasteiger partial charge on any atom is -0.325 e. The van der Waals surface area contributed by atoms with Crippen LogP contribution in [0.4, 0.5) is 5.69 Å². The summed E-state index contributed by atoms with van der Waals surface area (Å²) in [7, 11) is 0. The molecular weight excluding hydrogens is 352 g/mol. The van der Waals surface area contributed by atoms with Gasteiger partial charge in [0.1, 0.15) is 5.82 Å². The molecule has 1 fully saturated rings. The highest BCUT2D eigenvalue weighted by Crippen LogP contribution is 2.23. The minimum absolute atomic E-state index is 0.0458. The number of H-pyrrole nitrogens is 1. The highest BCUT2D eigenvalue weighted by molar-refractivity contribution is 5.95. The second-order valence-electron chi connectivity index (χ2n) is 6.99. The van der Waals surface area contributed by atoms with Crippen molar-refractivity contribution in [3.63, 3.8) is 0 Å². The number of nitrogens with zero attached hydrogens (tertiary/aromatic N) is 3. The molecule has 2 aromatic carbocycles. The van der Waals surface area contributed by atoms with Gasteiger partial charge >= 0.3 is 0 Å². The number of nitrogens with two attached hydrogens (primary N) is 1. The Hall–Kier alpha value is -3.03. The van der Waals surface area contributed by atoms with Crippen molar-refractivity contribution in [1.82, 2.24) is 20.1 Å². The van der Waals surface area contributed by atoms with Gasteiger partial charge in [-0.25, -0.2) is 4.98 Å². The third-order valence-electron chi connectivity index (χ3n) is 5.03. The number of hydrogen-bond donors (Lipinski definition) is 3. The lowest BCUT2D eigenvalue weighted by Gasteiger charge is -2.23. The van der Waals surface area contributed by atoms with Crippen molar-refractivity contribution in [3.8, 4) is 11.4 Å². The van der Waals surface area contributed by atoms with E-state index in [0.717, 1.165) is 37.2 Å². The highest BCUT2D eigenvalue weighted by atomic mass is 16.2. The molecule has 1 saturated heterocycles. The van der Waals surface area contributed by atoms with Crippen LogP contribution in [0, 0.1) is 0 Å². The van der Waals surface area contributed by atoms with E-state index in [2.05, 4.69) is 37.5 Å². The molecule has 7 nitrogen and oxygen atoms in total. The fraction of sp³-hybridized carbons (Fsp3) is 0.286. The topological polar surface area (TPSA) is 99.9 Å². The molecule has 2 heterocycles. The van der Waals surface area contributed by atoms with Crippen LogP contribution in [0.2, 0.25) is 0 Å². The Morgan fingerprint density at radius 2 is 1.96 bits per heavy atom. The zero-order chi connectivity index (χ0) is 19.3. The van der Waals surface area contributed by atoms with E-state index in [1.807, 2.05) is 42.5 Å². The van der Waals surface area contributed by atoms with Crippen molar-refractivity contribution in [2.45, 2.75) is 32.0 Å². The Morgan fingerprint density at radius 3 is 2.68 bits per heavy atom. The maximum absolute atomic E-state index is 12.8. The van der Waals surface area contributed by atoms with E-state index in [-0.39, 0.29) is 11.9 Å². The summed E-state index contributed by atoms with van der Waals surface area (Å²) in [5, 5.41) is 10.00. The minimum atomic E-state index is -0.0972. The Morgan fingerprint density at radius 1 is 1.18 bits per heavy atom. The zero-order valence-electron chi connectivity index (χ0n) is 15.6. The first-order valence-corrected chi connectivity index (χ1v) is 9.53. The predicted octanol–water partition coefficient (Wildman–Crippen LogP) is 2.53. The Labute approximate surface area is 164 Å². The van der Waals surface area contributed by atoms with Crippen molar-refractivity contribution in [3.05, 3.63) is 66.0 Å². The molecule has 0 bridgehead atoms. The average molecular weight is 376 g/mol. The lowest BCUT2D eigenvalue weighted by atomic mass is 10.1. The number of anilines is 1. The molecule has 4 N–H and O–H groups in total. The molecule has 0 radical (unpaired) electrons. The van der Waals surface area contributed by atoms with Crippen LogP contribution in [0.15, 0.2) is 54.6 Å². The maximum atomic E-state index is 12.8. The third-order valence-corrected chi connectivity index (χ3v) is 5.03. The smallest absolute Gasteiger partial charge is 0.241 e. The summed E-state index contributed by atoms with van der Waals surface area (Å²) in [4.78, 5) is 19.4. The molecule has 1 aromatic heterocycles. The van der Waals surface area contributed by atoms with Crippen LogP contribution in [-0.4, -0.2) is 38.6 Å². The number of aromatic nitrogens is 3. The predicted molar refractivity (Wildman–Crippen MR) is 108 cm³/mol. The Bertz CT molecular complexity index is 922. The van der Waals surface area contributed by atoms with Crippen LogP contribution < -0.4 is 11.1 Å². The van der Waals surface area contributed by atoms with Gasteiger partial charge in [0.15, 0.2) is 5.82 Å². The van der Waals surface area contributed by atoms with Crippen LogP contribution in [0.3, 0.4) is 0 Å².